The molecule has 5 rings (SSSR count). The number of nitrogens with one attached hydrogen (secondary N) is 1. The second kappa shape index (κ2) is 8.41. The van der Waals surface area contributed by atoms with Crippen molar-refractivity contribution in [3.05, 3.63) is 52.8 Å². The van der Waals surface area contributed by atoms with Gasteiger partial charge in [-0.15, -0.1) is 0 Å². The lowest BCUT2D eigenvalue weighted by molar-refractivity contribution is 0.312. The maximum Gasteiger partial charge on any atom is 0.328 e. The van der Waals surface area contributed by atoms with E-state index in [2.05, 4.69) is 37.1 Å². The predicted molar refractivity (Wildman–Crippen MR) is 131 cm³/mol. The first-order chi connectivity index (χ1) is 16.3. The summed E-state index contributed by atoms with van der Waals surface area (Å²) in [6.45, 7) is 3.84. The van der Waals surface area contributed by atoms with Gasteiger partial charge in [-0.25, -0.2) is 19.2 Å². The molecule has 3 aromatic heterocycles. The molecule has 1 aliphatic rings. The summed E-state index contributed by atoms with van der Waals surface area (Å²) in [5, 5.41) is 3.06. The van der Waals surface area contributed by atoms with Crippen molar-refractivity contribution < 1.29 is 4.39 Å². The highest BCUT2D eigenvalue weighted by Gasteiger charge is 2.18. The molecule has 1 fully saturated rings. The van der Waals surface area contributed by atoms with Gasteiger partial charge in [0.1, 0.15) is 11.5 Å². The number of nitrogens with two attached hydrogens (primary N) is 1. The molecule has 4 aromatic rings. The smallest absolute Gasteiger partial charge is 0.328 e. The van der Waals surface area contributed by atoms with Crippen molar-refractivity contribution in [3.63, 3.8) is 0 Å². The number of pyridine rings is 1. The fourth-order valence-corrected chi connectivity index (χ4v) is 4.18. The van der Waals surface area contributed by atoms with Crippen LogP contribution in [0.5, 0.6) is 0 Å². The summed E-state index contributed by atoms with van der Waals surface area (Å²) >= 11 is 0. The van der Waals surface area contributed by atoms with Crippen LogP contribution in [0.25, 0.3) is 22.3 Å². The molecule has 4 heterocycles. The van der Waals surface area contributed by atoms with E-state index in [0.29, 0.717) is 16.8 Å². The standard InChI is InChI=1S/C23H26FN9O/c1-30-8-10-33(11-9-30)18-7-5-15(13-26-18)27-22-28-20(19(24)21(25)29-22)14-4-6-16-17(12-14)32(3)23(34)31(16)2/h4-7,12-13H,8-11H2,1-3H3,(H3,25,27,28,29). The summed E-state index contributed by atoms with van der Waals surface area (Å²) in [5.74, 6) is 0.0803. The number of anilines is 4. The molecule has 0 atom stereocenters. The van der Waals surface area contributed by atoms with Crippen LogP contribution in [0.1, 0.15) is 0 Å². The first kappa shape index (κ1) is 21.8. The predicted octanol–water partition coefficient (Wildman–Crippen LogP) is 1.95. The number of benzene rings is 1. The zero-order valence-corrected chi connectivity index (χ0v) is 19.3. The van der Waals surface area contributed by atoms with E-state index in [0.717, 1.165) is 37.5 Å². The van der Waals surface area contributed by atoms with Gasteiger partial charge in [-0.1, -0.05) is 6.07 Å². The average Bonchev–Trinajstić information content (AvgIpc) is 3.06. The van der Waals surface area contributed by atoms with Crippen LogP contribution in [0.4, 0.5) is 27.7 Å². The molecule has 0 amide bonds. The van der Waals surface area contributed by atoms with E-state index >= 15 is 0 Å². The Kier molecular flexibility index (Phi) is 5.40. The molecule has 0 unspecified atom stereocenters. The molecule has 1 saturated heterocycles. The molecule has 10 nitrogen and oxygen atoms in total. The largest absolute Gasteiger partial charge is 0.381 e. The Morgan fingerprint density at radius 2 is 1.71 bits per heavy atom. The third kappa shape index (κ3) is 3.83. The van der Waals surface area contributed by atoms with E-state index in [4.69, 9.17) is 5.73 Å². The van der Waals surface area contributed by atoms with Crippen LogP contribution >= 0.6 is 0 Å². The van der Waals surface area contributed by atoms with E-state index in [1.165, 1.54) is 9.13 Å². The molecular weight excluding hydrogens is 437 g/mol. The molecule has 176 valence electrons. The highest BCUT2D eigenvalue weighted by molar-refractivity contribution is 5.82. The lowest BCUT2D eigenvalue weighted by atomic mass is 10.1. The van der Waals surface area contributed by atoms with Crippen LogP contribution in [0.2, 0.25) is 0 Å². The summed E-state index contributed by atoms with van der Waals surface area (Å²) in [4.78, 5) is 29.7. The van der Waals surface area contributed by atoms with E-state index in [1.807, 2.05) is 12.1 Å². The first-order valence-electron chi connectivity index (χ1n) is 11.0. The minimum atomic E-state index is -0.714. The lowest BCUT2D eigenvalue weighted by Crippen LogP contribution is -2.44. The number of nitrogen functional groups attached to an aromatic ring is 1. The van der Waals surface area contributed by atoms with Crippen LogP contribution in [-0.4, -0.2) is 62.2 Å². The minimum Gasteiger partial charge on any atom is -0.381 e. The average molecular weight is 464 g/mol. The van der Waals surface area contributed by atoms with Gasteiger partial charge < -0.3 is 20.9 Å². The number of nitrogens with zero attached hydrogens (tertiary/aromatic N) is 7. The van der Waals surface area contributed by atoms with E-state index in [1.54, 1.807) is 38.5 Å². The number of aryl methyl sites for hydroxylation is 2. The zero-order valence-electron chi connectivity index (χ0n) is 19.3. The number of halogens is 1. The van der Waals surface area contributed by atoms with Crippen LogP contribution in [0, 0.1) is 5.82 Å². The summed E-state index contributed by atoms with van der Waals surface area (Å²) in [5.41, 5.74) is 8.31. The summed E-state index contributed by atoms with van der Waals surface area (Å²) in [6.07, 6.45) is 1.70. The molecule has 0 aliphatic carbocycles. The van der Waals surface area contributed by atoms with Crippen molar-refractivity contribution in [1.82, 2.24) is 29.0 Å². The SMILES string of the molecule is CN1CCN(c2ccc(Nc3nc(N)c(F)c(-c4ccc5c(c4)n(C)c(=O)n5C)n3)cn2)CC1. The van der Waals surface area contributed by atoms with E-state index < -0.39 is 5.82 Å². The van der Waals surface area contributed by atoms with E-state index in [9.17, 15) is 9.18 Å². The normalized spacial score (nSPS) is 14.6. The van der Waals surface area contributed by atoms with Crippen molar-refractivity contribution in [2.75, 3.05) is 49.2 Å². The first-order valence-corrected chi connectivity index (χ1v) is 11.0. The number of imidazole rings is 1. The van der Waals surface area contributed by atoms with Gasteiger partial charge in [0.05, 0.1) is 22.9 Å². The van der Waals surface area contributed by atoms with Gasteiger partial charge in [-0.3, -0.25) is 9.13 Å². The van der Waals surface area contributed by atoms with Crippen molar-refractivity contribution in [1.29, 1.82) is 0 Å². The lowest BCUT2D eigenvalue weighted by Gasteiger charge is -2.33. The fraction of sp³-hybridized carbons (Fsp3) is 0.304. The van der Waals surface area contributed by atoms with Gasteiger partial charge in [0, 0.05) is 45.8 Å². The second-order valence-electron chi connectivity index (χ2n) is 8.52. The highest BCUT2D eigenvalue weighted by atomic mass is 19.1. The van der Waals surface area contributed by atoms with Crippen molar-refractivity contribution in [2.24, 2.45) is 14.1 Å². The van der Waals surface area contributed by atoms with Gasteiger partial charge in [0.25, 0.3) is 0 Å². The zero-order chi connectivity index (χ0) is 24.0. The molecular formula is C23H26FN9O. The molecule has 0 bridgehead atoms. The summed E-state index contributed by atoms with van der Waals surface area (Å²) < 4.78 is 18.0. The van der Waals surface area contributed by atoms with Crippen LogP contribution < -0.4 is 21.6 Å². The minimum absolute atomic E-state index is 0.0511. The van der Waals surface area contributed by atoms with Gasteiger partial charge in [0.2, 0.25) is 5.95 Å². The summed E-state index contributed by atoms with van der Waals surface area (Å²) in [7, 11) is 5.48. The maximum atomic E-state index is 14.9. The highest BCUT2D eigenvalue weighted by Crippen LogP contribution is 2.28. The molecule has 1 aliphatic heterocycles. The quantitative estimate of drug-likeness (QED) is 0.473. The van der Waals surface area contributed by atoms with Crippen molar-refractivity contribution in [2.45, 2.75) is 0 Å². The third-order valence-electron chi connectivity index (χ3n) is 6.25. The topological polar surface area (TPSA) is 110 Å². The number of hydrogen-bond donors (Lipinski definition) is 2. The Morgan fingerprint density at radius 3 is 2.41 bits per heavy atom. The third-order valence-corrected chi connectivity index (χ3v) is 6.25. The Morgan fingerprint density at radius 1 is 0.971 bits per heavy atom. The Hall–Kier alpha value is -3.99. The molecule has 0 radical (unpaired) electrons. The molecule has 0 saturated carbocycles. The van der Waals surface area contributed by atoms with Crippen LogP contribution in [0.15, 0.2) is 41.3 Å². The van der Waals surface area contributed by atoms with Crippen LogP contribution in [-0.2, 0) is 14.1 Å². The molecule has 11 heteroatoms. The van der Waals surface area contributed by atoms with Gasteiger partial charge in [-0.05, 0) is 31.3 Å². The van der Waals surface area contributed by atoms with Crippen LogP contribution in [0.3, 0.4) is 0 Å². The van der Waals surface area contributed by atoms with Gasteiger partial charge in [-0.2, -0.15) is 4.98 Å². The number of rotatable bonds is 4. The van der Waals surface area contributed by atoms with E-state index in [-0.39, 0.29) is 23.1 Å². The molecule has 0 spiro atoms. The Bertz CT molecular complexity index is 1420. The van der Waals surface area contributed by atoms with Gasteiger partial charge in [0.15, 0.2) is 11.6 Å². The summed E-state index contributed by atoms with van der Waals surface area (Å²) in [6, 6.07) is 9.01. The molecule has 1 aromatic carbocycles. The van der Waals surface area contributed by atoms with Gasteiger partial charge >= 0.3 is 5.69 Å². The Labute approximate surface area is 195 Å². The number of hydrogen-bond acceptors (Lipinski definition) is 8. The number of likely N-dealkylation sites (N-methyl/N-ethyl adjacent to an activating group) is 1. The van der Waals surface area contributed by atoms with Crippen molar-refractivity contribution in [3.8, 4) is 11.3 Å². The van der Waals surface area contributed by atoms with Crippen molar-refractivity contribution >= 4 is 34.3 Å². The molecule has 34 heavy (non-hydrogen) atoms. The maximum absolute atomic E-state index is 14.9. The monoisotopic (exact) mass is 463 g/mol. The number of aromatic nitrogens is 5. The second-order valence-corrected chi connectivity index (χ2v) is 8.52. The number of piperazine rings is 1. The number of fused-ring (bicyclic) bond motifs is 1. The molecule has 3 N–H and O–H groups in total. The fourth-order valence-electron chi connectivity index (χ4n) is 4.18. The Balaban J connectivity index is 1.43.